The molecule has 4 unspecified atom stereocenters. The third kappa shape index (κ3) is 3.20. The fourth-order valence-electron chi connectivity index (χ4n) is 4.11. The minimum absolute atomic E-state index is 0.106. The second-order valence-electron chi connectivity index (χ2n) is 6.96. The zero-order valence-corrected chi connectivity index (χ0v) is 16.0. The maximum absolute atomic E-state index is 9.78. The van der Waals surface area contributed by atoms with Crippen LogP contribution in [0.25, 0.3) is 0 Å². The van der Waals surface area contributed by atoms with Gasteiger partial charge in [0.15, 0.2) is 17.7 Å². The lowest BCUT2D eigenvalue weighted by Crippen LogP contribution is -2.40. The second-order valence-corrected chi connectivity index (χ2v) is 6.96. The van der Waals surface area contributed by atoms with Crippen molar-refractivity contribution in [1.29, 1.82) is 5.26 Å². The van der Waals surface area contributed by atoms with Gasteiger partial charge in [0.2, 0.25) is 5.88 Å². The van der Waals surface area contributed by atoms with E-state index >= 15 is 0 Å². The number of hydrazine groups is 1. The molecule has 29 heavy (non-hydrogen) atoms. The van der Waals surface area contributed by atoms with Gasteiger partial charge >= 0.3 is 0 Å². The van der Waals surface area contributed by atoms with Gasteiger partial charge in [-0.25, -0.2) is 10.9 Å². The number of hydrogen-bond acceptors (Lipinski definition) is 8. The number of fused-ring (bicyclic) bond motifs is 1. The lowest BCUT2D eigenvalue weighted by molar-refractivity contribution is 0.0340. The number of nitrogens with two attached hydrogens (primary N) is 1. The summed E-state index contributed by atoms with van der Waals surface area (Å²) in [5, 5.41) is 19.5. The van der Waals surface area contributed by atoms with E-state index in [1.165, 1.54) is 0 Å². The number of phenolic OH excluding ortho intramolecular Hbond substituents is 1. The van der Waals surface area contributed by atoms with Crippen LogP contribution in [0.3, 0.4) is 0 Å². The summed E-state index contributed by atoms with van der Waals surface area (Å²) in [4.78, 5) is 0. The van der Waals surface area contributed by atoms with Crippen LogP contribution in [0.5, 0.6) is 17.2 Å². The second kappa shape index (κ2) is 7.54. The predicted octanol–water partition coefficient (Wildman–Crippen LogP) is 2.01. The molecule has 4 rings (SSSR count). The highest BCUT2D eigenvalue weighted by molar-refractivity contribution is 5.47. The van der Waals surface area contributed by atoms with Crippen LogP contribution in [-0.2, 0) is 4.74 Å². The van der Waals surface area contributed by atoms with Gasteiger partial charge in [-0.05, 0) is 35.4 Å². The van der Waals surface area contributed by atoms with Crippen molar-refractivity contribution in [2.24, 2.45) is 11.7 Å². The van der Waals surface area contributed by atoms with E-state index in [0.717, 1.165) is 11.1 Å². The first kappa shape index (κ1) is 18.9. The van der Waals surface area contributed by atoms with Gasteiger partial charge in [0, 0.05) is 11.8 Å². The summed E-state index contributed by atoms with van der Waals surface area (Å²) in [5.41, 5.74) is 14.7. The summed E-state index contributed by atoms with van der Waals surface area (Å²) in [6.45, 7) is 0. The van der Waals surface area contributed by atoms with Gasteiger partial charge in [-0.15, -0.1) is 0 Å². The molecular formula is C21H22N4O4. The summed E-state index contributed by atoms with van der Waals surface area (Å²) in [5.74, 6) is 1.03. The number of phenols is 1. The zero-order chi connectivity index (χ0) is 20.5. The van der Waals surface area contributed by atoms with Crippen LogP contribution in [0.1, 0.15) is 23.1 Å². The molecule has 150 valence electrons. The van der Waals surface area contributed by atoms with Crippen LogP contribution in [0.2, 0.25) is 0 Å². The lowest BCUT2D eigenvalue weighted by atomic mass is 9.74. The van der Waals surface area contributed by atoms with E-state index in [4.69, 9.17) is 19.9 Å². The molecule has 0 aromatic heterocycles. The standard InChI is InChI=1S/C21H22N4O4/c1-27-15-8-5-12(9-16(15)28-2)19-18-17(11-3-6-13(26)7-4-11)14(10-22)20(23)29-21(18)25-24-19/h3-9,17-19,21,24-26H,23H2,1-2H3. The number of nitriles is 1. The largest absolute Gasteiger partial charge is 0.508 e. The van der Waals surface area contributed by atoms with Crippen LogP contribution in [0.15, 0.2) is 53.9 Å². The molecule has 1 saturated heterocycles. The SMILES string of the molecule is COc1ccc(C2NNC3OC(N)=C(C#N)C(c4ccc(O)cc4)C32)cc1OC. The summed E-state index contributed by atoms with van der Waals surface area (Å²) >= 11 is 0. The van der Waals surface area contributed by atoms with Crippen molar-refractivity contribution in [3.63, 3.8) is 0 Å². The van der Waals surface area contributed by atoms with Crippen molar-refractivity contribution in [1.82, 2.24) is 10.9 Å². The van der Waals surface area contributed by atoms with Gasteiger partial charge < -0.3 is 25.1 Å². The Labute approximate surface area is 168 Å². The molecule has 2 aromatic rings. The van der Waals surface area contributed by atoms with Crippen LogP contribution in [-0.4, -0.2) is 25.6 Å². The number of rotatable bonds is 4. The molecule has 0 aliphatic carbocycles. The quantitative estimate of drug-likeness (QED) is 0.621. The van der Waals surface area contributed by atoms with Crippen molar-refractivity contribution in [2.75, 3.05) is 14.2 Å². The summed E-state index contributed by atoms with van der Waals surface area (Å²) in [7, 11) is 3.18. The molecule has 2 aliphatic rings. The van der Waals surface area contributed by atoms with Crippen molar-refractivity contribution in [3.05, 3.63) is 65.0 Å². The predicted molar refractivity (Wildman–Crippen MR) is 105 cm³/mol. The maximum atomic E-state index is 9.78. The van der Waals surface area contributed by atoms with Crippen molar-refractivity contribution >= 4 is 0 Å². The van der Waals surface area contributed by atoms with Gasteiger partial charge in [-0.1, -0.05) is 18.2 Å². The van der Waals surface area contributed by atoms with E-state index in [2.05, 4.69) is 16.9 Å². The number of ether oxygens (including phenoxy) is 3. The number of nitrogens with zero attached hydrogens (tertiary/aromatic N) is 1. The Hall–Kier alpha value is -3.41. The molecule has 0 bridgehead atoms. The Morgan fingerprint density at radius 3 is 2.38 bits per heavy atom. The molecule has 0 radical (unpaired) electrons. The molecule has 8 heteroatoms. The first-order valence-corrected chi connectivity index (χ1v) is 9.15. The van der Waals surface area contributed by atoms with Gasteiger partial charge in [0.05, 0.1) is 25.8 Å². The topological polar surface area (TPSA) is 122 Å². The molecule has 0 spiro atoms. The molecule has 2 heterocycles. The molecule has 0 amide bonds. The van der Waals surface area contributed by atoms with Gasteiger partial charge in [-0.2, -0.15) is 5.26 Å². The minimum Gasteiger partial charge on any atom is -0.508 e. The molecular weight excluding hydrogens is 372 g/mol. The maximum Gasteiger partial charge on any atom is 0.200 e. The molecule has 5 N–H and O–H groups in total. The number of aromatic hydroxyl groups is 1. The normalized spacial score (nSPS) is 25.7. The Balaban J connectivity index is 1.79. The minimum atomic E-state index is -0.427. The van der Waals surface area contributed by atoms with Crippen molar-refractivity contribution in [2.45, 2.75) is 18.2 Å². The Kier molecular flexibility index (Phi) is 4.92. The van der Waals surface area contributed by atoms with Crippen molar-refractivity contribution < 1.29 is 19.3 Å². The average Bonchev–Trinajstić information content (AvgIpc) is 3.16. The molecule has 8 nitrogen and oxygen atoms in total. The molecule has 2 aliphatic heterocycles. The van der Waals surface area contributed by atoms with Gasteiger partial charge in [0.25, 0.3) is 0 Å². The van der Waals surface area contributed by atoms with Crippen molar-refractivity contribution in [3.8, 4) is 23.3 Å². The fourth-order valence-corrected chi connectivity index (χ4v) is 4.11. The third-order valence-corrected chi connectivity index (χ3v) is 5.47. The van der Waals surface area contributed by atoms with Crippen LogP contribution in [0.4, 0.5) is 0 Å². The number of hydrogen-bond donors (Lipinski definition) is 4. The Bertz CT molecular complexity index is 983. The first-order chi connectivity index (χ1) is 14.1. The number of allylic oxidation sites excluding steroid dienone is 1. The molecule has 1 fully saturated rings. The zero-order valence-electron chi connectivity index (χ0n) is 16.0. The highest BCUT2D eigenvalue weighted by Crippen LogP contribution is 2.48. The number of nitrogens with one attached hydrogen (secondary N) is 2. The van der Waals surface area contributed by atoms with Crippen LogP contribution >= 0.6 is 0 Å². The Morgan fingerprint density at radius 2 is 1.72 bits per heavy atom. The number of benzene rings is 2. The van der Waals surface area contributed by atoms with Gasteiger partial charge in [-0.3, -0.25) is 0 Å². The first-order valence-electron chi connectivity index (χ1n) is 9.15. The average molecular weight is 394 g/mol. The summed E-state index contributed by atoms with van der Waals surface area (Å²) < 4.78 is 16.6. The Morgan fingerprint density at radius 1 is 1.03 bits per heavy atom. The molecule has 4 atom stereocenters. The van der Waals surface area contributed by atoms with Gasteiger partial charge in [0.1, 0.15) is 11.8 Å². The van der Waals surface area contributed by atoms with Crippen LogP contribution < -0.4 is 26.1 Å². The lowest BCUT2D eigenvalue weighted by Gasteiger charge is -2.36. The monoisotopic (exact) mass is 394 g/mol. The van der Waals surface area contributed by atoms with E-state index in [1.54, 1.807) is 38.5 Å². The molecule has 2 aromatic carbocycles. The van der Waals surface area contributed by atoms with E-state index in [-0.39, 0.29) is 29.5 Å². The van der Waals surface area contributed by atoms with E-state index in [0.29, 0.717) is 17.1 Å². The third-order valence-electron chi connectivity index (χ3n) is 5.47. The fraction of sp³-hybridized carbons (Fsp3) is 0.286. The highest BCUT2D eigenvalue weighted by Gasteiger charge is 2.49. The summed E-state index contributed by atoms with van der Waals surface area (Å²) in [6.07, 6.45) is -0.427. The number of methoxy groups -OCH3 is 2. The smallest absolute Gasteiger partial charge is 0.200 e. The van der Waals surface area contributed by atoms with E-state index in [9.17, 15) is 10.4 Å². The molecule has 0 saturated carbocycles. The van der Waals surface area contributed by atoms with E-state index < -0.39 is 6.23 Å². The highest BCUT2D eigenvalue weighted by atomic mass is 16.5. The summed E-state index contributed by atoms with van der Waals surface area (Å²) in [6, 6.07) is 14.5. The van der Waals surface area contributed by atoms with E-state index in [1.807, 2.05) is 18.2 Å². The van der Waals surface area contributed by atoms with Crippen LogP contribution in [0, 0.1) is 17.2 Å².